The van der Waals surface area contributed by atoms with Crippen molar-refractivity contribution in [1.29, 1.82) is 0 Å². The van der Waals surface area contributed by atoms with Crippen LogP contribution in [0.1, 0.15) is 50.5 Å². The lowest BCUT2D eigenvalue weighted by molar-refractivity contribution is -0.144. The molecular weight excluding hydrogens is 411 g/mol. The first-order valence-corrected chi connectivity index (χ1v) is 11.8. The molecule has 0 radical (unpaired) electrons. The molecule has 5 fully saturated rings. The smallest absolute Gasteiger partial charge is 0.241 e. The van der Waals surface area contributed by atoms with Crippen LogP contribution >= 0.6 is 0 Å². The number of carbonyl (C=O) groups excluding carboxylic acids is 3. The Bertz CT molecular complexity index is 922. The zero-order valence-corrected chi connectivity index (χ0v) is 18.6. The summed E-state index contributed by atoms with van der Waals surface area (Å²) in [5, 5.41) is 0. The maximum Gasteiger partial charge on any atom is 0.241 e. The lowest BCUT2D eigenvalue weighted by Crippen LogP contribution is -2.47. The zero-order valence-electron chi connectivity index (χ0n) is 18.6. The van der Waals surface area contributed by atoms with E-state index in [1.807, 2.05) is 4.90 Å². The third kappa shape index (κ3) is 3.54. The summed E-state index contributed by atoms with van der Waals surface area (Å²) in [4.78, 5) is 43.3. The van der Waals surface area contributed by atoms with Crippen molar-refractivity contribution in [3.8, 4) is 0 Å². The van der Waals surface area contributed by atoms with Crippen molar-refractivity contribution in [2.24, 2.45) is 17.8 Å². The summed E-state index contributed by atoms with van der Waals surface area (Å²) in [6.07, 6.45) is 5.33. The van der Waals surface area contributed by atoms with E-state index in [-0.39, 0.29) is 49.4 Å². The van der Waals surface area contributed by atoms with Gasteiger partial charge in [0.2, 0.25) is 17.7 Å². The van der Waals surface area contributed by atoms with Gasteiger partial charge in [0.25, 0.3) is 0 Å². The predicted octanol–water partition coefficient (Wildman–Crippen LogP) is 2.90. The van der Waals surface area contributed by atoms with Gasteiger partial charge in [-0.05, 0) is 55.9 Å². The van der Waals surface area contributed by atoms with Gasteiger partial charge in [-0.3, -0.25) is 19.3 Å². The minimum absolute atomic E-state index is 0.107. The summed E-state index contributed by atoms with van der Waals surface area (Å²) in [6, 6.07) is 6.26. The lowest BCUT2D eigenvalue weighted by atomic mass is 9.68. The number of hydrogen-bond acceptors (Lipinski definition) is 4. The van der Waals surface area contributed by atoms with Gasteiger partial charge in [-0.15, -0.1) is 0 Å². The topological polar surface area (TPSA) is 66.9 Å². The summed E-state index contributed by atoms with van der Waals surface area (Å²) in [5.74, 6) is 0.355. The molecule has 2 saturated carbocycles. The quantitative estimate of drug-likeness (QED) is 0.636. The number of hydrogen-bond donors (Lipinski definition) is 0. The summed E-state index contributed by atoms with van der Waals surface area (Å²) < 4.78 is 20.0. The van der Waals surface area contributed by atoms with Gasteiger partial charge < -0.3 is 9.64 Å². The van der Waals surface area contributed by atoms with Gasteiger partial charge in [-0.1, -0.05) is 18.2 Å². The van der Waals surface area contributed by atoms with Crippen LogP contribution in [0.5, 0.6) is 0 Å². The Hall–Kier alpha value is -2.28. The first-order valence-electron chi connectivity index (χ1n) is 11.8. The summed E-state index contributed by atoms with van der Waals surface area (Å²) in [6.45, 7) is 1.03. The van der Waals surface area contributed by atoms with Crippen molar-refractivity contribution >= 4 is 17.7 Å². The van der Waals surface area contributed by atoms with Crippen LogP contribution in [0.2, 0.25) is 0 Å². The molecule has 3 unspecified atom stereocenters. The van der Waals surface area contributed by atoms with Crippen molar-refractivity contribution in [3.63, 3.8) is 0 Å². The minimum Gasteiger partial charge on any atom is -0.383 e. The molecule has 1 aromatic carbocycles. The molecular formula is C25H31FN2O4. The highest BCUT2D eigenvalue weighted by Gasteiger charge is 2.56. The fourth-order valence-corrected chi connectivity index (χ4v) is 6.95. The third-order valence-corrected chi connectivity index (χ3v) is 8.20. The molecule has 1 aromatic rings. The number of fused-ring (bicyclic) bond motifs is 1. The fraction of sp³-hybridized carbons (Fsp3) is 0.640. The van der Waals surface area contributed by atoms with Crippen molar-refractivity contribution in [1.82, 2.24) is 9.80 Å². The van der Waals surface area contributed by atoms with Crippen LogP contribution in [0.15, 0.2) is 24.3 Å². The van der Waals surface area contributed by atoms with Gasteiger partial charge in [0.15, 0.2) is 0 Å². The normalized spacial score (nSPS) is 33.8. The summed E-state index contributed by atoms with van der Waals surface area (Å²) >= 11 is 0. The maximum absolute atomic E-state index is 15.0. The first-order chi connectivity index (χ1) is 15.4. The van der Waals surface area contributed by atoms with Crippen LogP contribution in [0, 0.1) is 23.6 Å². The van der Waals surface area contributed by atoms with Gasteiger partial charge >= 0.3 is 0 Å². The Balaban J connectivity index is 1.47. The van der Waals surface area contributed by atoms with E-state index in [2.05, 4.69) is 0 Å². The molecule has 2 aliphatic carbocycles. The Morgan fingerprint density at radius 3 is 2.47 bits per heavy atom. The Labute approximate surface area is 188 Å². The highest BCUT2D eigenvalue weighted by molar-refractivity contribution is 6.10. The molecule has 3 saturated heterocycles. The monoisotopic (exact) mass is 442 g/mol. The highest BCUT2D eigenvalue weighted by atomic mass is 19.1. The standard InChI is InChI=1S/C25H31FN2O4/c1-32-7-6-27-22(29)13-25(24(27)31,20-4-2-3-5-21(20)26)14-23(30)28-15-18-9-16-8-17(10-18)12-19(28)11-16/h2-5,16-19H,6-15H2,1H3. The van der Waals surface area contributed by atoms with Gasteiger partial charge in [-0.2, -0.15) is 0 Å². The molecule has 0 N–H and O–H groups in total. The molecule has 3 atom stereocenters. The average Bonchev–Trinajstić information content (AvgIpc) is 2.85. The molecule has 6 nitrogen and oxygen atoms in total. The Kier molecular flexibility index (Phi) is 5.56. The number of carbonyl (C=O) groups is 3. The van der Waals surface area contributed by atoms with Crippen LogP contribution < -0.4 is 0 Å². The first kappa shape index (κ1) is 21.6. The van der Waals surface area contributed by atoms with Crippen molar-refractivity contribution < 1.29 is 23.5 Å². The Morgan fingerprint density at radius 2 is 1.78 bits per heavy atom. The maximum atomic E-state index is 15.0. The largest absolute Gasteiger partial charge is 0.383 e. The molecule has 0 aromatic heterocycles. The van der Waals surface area contributed by atoms with E-state index in [0.717, 1.165) is 24.3 Å². The van der Waals surface area contributed by atoms with Crippen LogP contribution in [0.3, 0.4) is 0 Å². The summed E-state index contributed by atoms with van der Waals surface area (Å²) in [7, 11) is 1.50. The molecule has 4 bridgehead atoms. The predicted molar refractivity (Wildman–Crippen MR) is 115 cm³/mol. The van der Waals surface area contributed by atoms with Gasteiger partial charge in [-0.25, -0.2) is 4.39 Å². The SMILES string of the molecule is COCCN1C(=O)CC(CC(=O)N2CC3CC4CC(C3)CC2C4)(c2ccccc2F)C1=O. The molecule has 3 aliphatic heterocycles. The number of likely N-dealkylation sites (tertiary alicyclic amines) is 1. The second-order valence-electron chi connectivity index (χ2n) is 10.2. The molecule has 7 heteroatoms. The number of benzene rings is 1. The van der Waals surface area contributed by atoms with Crippen molar-refractivity contribution in [2.75, 3.05) is 26.8 Å². The van der Waals surface area contributed by atoms with Crippen LogP contribution in [0.4, 0.5) is 4.39 Å². The van der Waals surface area contributed by atoms with E-state index in [1.165, 1.54) is 32.4 Å². The van der Waals surface area contributed by atoms with Crippen LogP contribution in [0.25, 0.3) is 0 Å². The van der Waals surface area contributed by atoms with Crippen molar-refractivity contribution in [3.05, 3.63) is 35.6 Å². The van der Waals surface area contributed by atoms with Crippen molar-refractivity contribution in [2.45, 2.75) is 56.4 Å². The van der Waals surface area contributed by atoms with E-state index in [0.29, 0.717) is 17.8 Å². The van der Waals surface area contributed by atoms with E-state index in [9.17, 15) is 18.8 Å². The summed E-state index contributed by atoms with van der Waals surface area (Å²) in [5.41, 5.74) is -1.34. The second kappa shape index (κ2) is 8.25. The highest BCUT2D eigenvalue weighted by Crippen LogP contribution is 2.48. The molecule has 0 spiro atoms. The molecule has 172 valence electrons. The third-order valence-electron chi connectivity index (χ3n) is 8.20. The number of rotatable bonds is 6. The number of halogens is 1. The lowest BCUT2D eigenvalue weighted by Gasteiger charge is -2.39. The molecule has 3 heterocycles. The molecule has 32 heavy (non-hydrogen) atoms. The van der Waals surface area contributed by atoms with E-state index in [4.69, 9.17) is 4.74 Å². The van der Waals surface area contributed by atoms with Crippen LogP contribution in [-0.4, -0.2) is 60.4 Å². The molecule has 5 aliphatic rings. The minimum atomic E-state index is -1.49. The van der Waals surface area contributed by atoms with Gasteiger partial charge in [0.1, 0.15) is 5.82 Å². The van der Waals surface area contributed by atoms with E-state index >= 15 is 0 Å². The second-order valence-corrected chi connectivity index (χ2v) is 10.2. The number of nitrogens with zero attached hydrogens (tertiary/aromatic N) is 2. The average molecular weight is 443 g/mol. The number of imide groups is 1. The number of ether oxygens (including phenoxy) is 1. The zero-order chi connectivity index (χ0) is 22.5. The van der Waals surface area contributed by atoms with E-state index in [1.54, 1.807) is 18.2 Å². The van der Waals surface area contributed by atoms with Gasteiger partial charge in [0, 0.05) is 38.1 Å². The molecule has 6 rings (SSSR count). The van der Waals surface area contributed by atoms with E-state index < -0.39 is 17.1 Å². The fourth-order valence-electron chi connectivity index (χ4n) is 6.95. The number of amides is 3. The number of methoxy groups -OCH3 is 1. The van der Waals surface area contributed by atoms with Gasteiger partial charge in [0.05, 0.1) is 18.6 Å². The molecule has 3 amide bonds. The Morgan fingerprint density at radius 1 is 1.09 bits per heavy atom. The van der Waals surface area contributed by atoms with Crippen LogP contribution in [-0.2, 0) is 24.5 Å².